The average molecular weight is 263 g/mol. The molecule has 1 fully saturated rings. The van der Waals surface area contributed by atoms with E-state index in [1.165, 1.54) is 19.5 Å². The number of aromatic nitrogens is 2. The molecule has 1 aromatic rings. The zero-order chi connectivity index (χ0) is 13.8. The highest BCUT2D eigenvalue weighted by molar-refractivity contribution is 5.54. The number of nitrogen functional groups attached to an aromatic ring is 1. The van der Waals surface area contributed by atoms with Crippen LogP contribution in [0.2, 0.25) is 0 Å². The van der Waals surface area contributed by atoms with Crippen molar-refractivity contribution >= 4 is 11.6 Å². The van der Waals surface area contributed by atoms with Crippen LogP contribution in [-0.4, -0.2) is 41.0 Å². The lowest BCUT2D eigenvalue weighted by Gasteiger charge is -2.16. The van der Waals surface area contributed by atoms with Gasteiger partial charge in [-0.3, -0.25) is 0 Å². The summed E-state index contributed by atoms with van der Waals surface area (Å²) in [5.74, 6) is 3.02. The third-order valence-electron chi connectivity index (χ3n) is 3.92. The van der Waals surface area contributed by atoms with Crippen molar-refractivity contribution < 1.29 is 0 Å². The second-order valence-corrected chi connectivity index (χ2v) is 5.28. The first kappa shape index (κ1) is 14.1. The normalized spacial score (nSPS) is 19.8. The van der Waals surface area contributed by atoms with Crippen molar-refractivity contribution in [3.8, 4) is 0 Å². The Morgan fingerprint density at radius 1 is 1.37 bits per heavy atom. The molecule has 5 heteroatoms. The maximum Gasteiger partial charge on any atom is 0.134 e. The van der Waals surface area contributed by atoms with Gasteiger partial charge in [0.1, 0.15) is 17.5 Å². The summed E-state index contributed by atoms with van der Waals surface area (Å²) in [6.07, 6.45) is 2.08. The Hall–Kier alpha value is -1.36. The molecule has 1 atom stereocenters. The van der Waals surface area contributed by atoms with Crippen LogP contribution in [0.4, 0.5) is 11.6 Å². The smallest absolute Gasteiger partial charge is 0.134 e. The van der Waals surface area contributed by atoms with Crippen LogP contribution in [0.3, 0.4) is 0 Å². The second-order valence-electron chi connectivity index (χ2n) is 5.28. The van der Waals surface area contributed by atoms with Gasteiger partial charge in [-0.2, -0.15) is 0 Å². The Morgan fingerprint density at radius 2 is 2.16 bits per heavy atom. The lowest BCUT2D eigenvalue weighted by Crippen LogP contribution is -2.23. The minimum Gasteiger partial charge on any atom is -0.383 e. The number of aryl methyl sites for hydroxylation is 1. The van der Waals surface area contributed by atoms with E-state index in [0.29, 0.717) is 11.7 Å². The summed E-state index contributed by atoms with van der Waals surface area (Å²) < 4.78 is 0. The first-order chi connectivity index (χ1) is 9.13. The summed E-state index contributed by atoms with van der Waals surface area (Å²) >= 11 is 0. The van der Waals surface area contributed by atoms with Gasteiger partial charge in [0.25, 0.3) is 0 Å². The van der Waals surface area contributed by atoms with Gasteiger partial charge in [-0.1, -0.05) is 13.8 Å². The number of nitrogens with two attached hydrogens (primary N) is 1. The molecule has 0 spiro atoms. The molecular weight excluding hydrogens is 238 g/mol. The van der Waals surface area contributed by atoms with Crippen LogP contribution < -0.4 is 11.1 Å². The number of hydrogen-bond acceptors (Lipinski definition) is 5. The third kappa shape index (κ3) is 3.35. The van der Waals surface area contributed by atoms with Gasteiger partial charge in [0.15, 0.2) is 0 Å². The van der Waals surface area contributed by atoms with Crippen LogP contribution in [0.15, 0.2) is 0 Å². The van der Waals surface area contributed by atoms with E-state index >= 15 is 0 Å². The summed E-state index contributed by atoms with van der Waals surface area (Å²) in [5.41, 5.74) is 6.89. The summed E-state index contributed by atoms with van der Waals surface area (Å²) in [6.45, 7) is 10.8. The molecule has 1 aliphatic heterocycles. The topological polar surface area (TPSA) is 67.1 Å². The van der Waals surface area contributed by atoms with Gasteiger partial charge in [0.05, 0.1) is 0 Å². The molecular formula is C14H25N5. The van der Waals surface area contributed by atoms with Crippen molar-refractivity contribution in [2.75, 3.05) is 37.2 Å². The van der Waals surface area contributed by atoms with E-state index in [2.05, 4.69) is 27.1 Å². The minimum absolute atomic E-state index is 0.593. The summed E-state index contributed by atoms with van der Waals surface area (Å²) in [4.78, 5) is 11.3. The predicted octanol–water partition coefficient (Wildman–Crippen LogP) is 1.68. The van der Waals surface area contributed by atoms with Crippen molar-refractivity contribution in [3.05, 3.63) is 11.4 Å². The van der Waals surface area contributed by atoms with Crippen molar-refractivity contribution in [3.63, 3.8) is 0 Å². The molecule has 0 saturated carbocycles. The average Bonchev–Trinajstić information content (AvgIpc) is 2.88. The van der Waals surface area contributed by atoms with Gasteiger partial charge < -0.3 is 16.0 Å². The molecule has 1 saturated heterocycles. The van der Waals surface area contributed by atoms with Crippen molar-refractivity contribution in [2.45, 2.75) is 33.6 Å². The molecule has 106 valence electrons. The minimum atomic E-state index is 0.593. The Morgan fingerprint density at radius 3 is 2.79 bits per heavy atom. The van der Waals surface area contributed by atoms with Crippen molar-refractivity contribution in [1.82, 2.24) is 14.9 Å². The molecule has 0 radical (unpaired) electrons. The van der Waals surface area contributed by atoms with Crippen LogP contribution in [0.25, 0.3) is 0 Å². The molecule has 0 aromatic carbocycles. The third-order valence-corrected chi connectivity index (χ3v) is 3.92. The monoisotopic (exact) mass is 263 g/mol. The zero-order valence-corrected chi connectivity index (χ0v) is 12.2. The van der Waals surface area contributed by atoms with Gasteiger partial charge in [0.2, 0.25) is 0 Å². The number of rotatable bonds is 5. The fourth-order valence-corrected chi connectivity index (χ4v) is 2.52. The van der Waals surface area contributed by atoms with E-state index in [1.54, 1.807) is 0 Å². The molecule has 0 bridgehead atoms. The Kier molecular flexibility index (Phi) is 4.58. The van der Waals surface area contributed by atoms with E-state index in [-0.39, 0.29) is 0 Å². The van der Waals surface area contributed by atoms with E-state index in [4.69, 9.17) is 5.73 Å². The van der Waals surface area contributed by atoms with Gasteiger partial charge >= 0.3 is 0 Å². The highest BCUT2D eigenvalue weighted by atomic mass is 15.1. The first-order valence-corrected chi connectivity index (χ1v) is 7.23. The number of nitrogens with zero attached hydrogens (tertiary/aromatic N) is 3. The van der Waals surface area contributed by atoms with Crippen LogP contribution in [0.5, 0.6) is 0 Å². The number of anilines is 2. The SMILES string of the molecule is CCc1nc(N)c(C)c(NCC2CCN(CC)C2)n1. The van der Waals surface area contributed by atoms with E-state index < -0.39 is 0 Å². The Bertz CT molecular complexity index is 432. The number of nitrogens with one attached hydrogen (secondary N) is 1. The molecule has 3 N–H and O–H groups in total. The highest BCUT2D eigenvalue weighted by Crippen LogP contribution is 2.20. The largest absolute Gasteiger partial charge is 0.383 e. The fraction of sp³-hybridized carbons (Fsp3) is 0.714. The van der Waals surface area contributed by atoms with Crippen LogP contribution in [0.1, 0.15) is 31.7 Å². The van der Waals surface area contributed by atoms with E-state index in [0.717, 1.165) is 36.7 Å². The molecule has 0 amide bonds. The number of hydrogen-bond donors (Lipinski definition) is 2. The van der Waals surface area contributed by atoms with Crippen molar-refractivity contribution in [1.29, 1.82) is 0 Å². The highest BCUT2D eigenvalue weighted by Gasteiger charge is 2.21. The quantitative estimate of drug-likeness (QED) is 0.846. The maximum absolute atomic E-state index is 5.93. The first-order valence-electron chi connectivity index (χ1n) is 7.23. The Balaban J connectivity index is 1.97. The Labute approximate surface area is 115 Å². The molecule has 5 nitrogen and oxygen atoms in total. The zero-order valence-electron chi connectivity index (χ0n) is 12.2. The predicted molar refractivity (Wildman–Crippen MR) is 79.3 cm³/mol. The number of likely N-dealkylation sites (tertiary alicyclic amines) is 1. The summed E-state index contributed by atoms with van der Waals surface area (Å²) in [6, 6.07) is 0. The van der Waals surface area contributed by atoms with Crippen LogP contribution in [-0.2, 0) is 6.42 Å². The van der Waals surface area contributed by atoms with Crippen LogP contribution in [0, 0.1) is 12.8 Å². The molecule has 1 unspecified atom stereocenters. The molecule has 2 heterocycles. The van der Waals surface area contributed by atoms with Gasteiger partial charge in [-0.05, 0) is 32.4 Å². The van der Waals surface area contributed by atoms with Crippen molar-refractivity contribution in [2.24, 2.45) is 5.92 Å². The maximum atomic E-state index is 5.93. The standard InChI is InChI=1S/C14H25N5/c1-4-12-17-13(15)10(3)14(18-12)16-8-11-6-7-19(5-2)9-11/h11H,4-9H2,1-3H3,(H3,15,16,17,18). The molecule has 0 aliphatic carbocycles. The second kappa shape index (κ2) is 6.19. The molecule has 1 aromatic heterocycles. The van der Waals surface area contributed by atoms with Crippen LogP contribution >= 0.6 is 0 Å². The molecule has 2 rings (SSSR count). The van der Waals surface area contributed by atoms with Gasteiger partial charge in [-0.15, -0.1) is 0 Å². The van der Waals surface area contributed by atoms with E-state index in [9.17, 15) is 0 Å². The molecule has 1 aliphatic rings. The summed E-state index contributed by atoms with van der Waals surface area (Å²) in [5, 5.41) is 3.46. The van der Waals surface area contributed by atoms with E-state index in [1.807, 2.05) is 13.8 Å². The fourth-order valence-electron chi connectivity index (χ4n) is 2.52. The lowest BCUT2D eigenvalue weighted by atomic mass is 10.1. The molecule has 19 heavy (non-hydrogen) atoms. The lowest BCUT2D eigenvalue weighted by molar-refractivity contribution is 0.345. The van der Waals surface area contributed by atoms with Gasteiger partial charge in [0, 0.05) is 25.1 Å². The summed E-state index contributed by atoms with van der Waals surface area (Å²) in [7, 11) is 0. The van der Waals surface area contributed by atoms with Gasteiger partial charge in [-0.25, -0.2) is 9.97 Å².